The summed E-state index contributed by atoms with van der Waals surface area (Å²) >= 11 is 6.76. The Bertz CT molecular complexity index is 504. The number of hydrogen-bond acceptors (Lipinski definition) is 5. The number of rotatable bonds is 1. The zero-order valence-electron chi connectivity index (χ0n) is 9.88. The van der Waals surface area contributed by atoms with Crippen LogP contribution in [0.15, 0.2) is 18.2 Å². The number of thiocarbonyl (C=S) groups is 1. The van der Waals surface area contributed by atoms with Gasteiger partial charge in [0.1, 0.15) is 23.3 Å². The number of hydrogen-bond donors (Lipinski definition) is 1. The molecule has 0 bridgehead atoms. The van der Waals surface area contributed by atoms with E-state index in [9.17, 15) is 5.11 Å². The number of anilines is 1. The van der Waals surface area contributed by atoms with E-state index in [1.807, 2.05) is 18.2 Å². The summed E-state index contributed by atoms with van der Waals surface area (Å²) in [5, 5.41) is 10.3. The van der Waals surface area contributed by atoms with E-state index in [0.717, 1.165) is 11.4 Å². The predicted molar refractivity (Wildman–Crippen MR) is 75.6 cm³/mol. The Kier molecular flexibility index (Phi) is 2.88. The topological polar surface area (TPSA) is 41.9 Å². The largest absolute Gasteiger partial charge is 0.486 e. The lowest BCUT2D eigenvalue weighted by atomic mass is 10.2. The first-order valence-corrected chi connectivity index (χ1v) is 7.06. The van der Waals surface area contributed by atoms with Crippen molar-refractivity contribution in [1.82, 2.24) is 0 Å². The molecule has 0 radical (unpaired) electrons. The molecule has 18 heavy (non-hydrogen) atoms. The fraction of sp³-hybridized carbons (Fsp3) is 0.417. The normalized spacial score (nSPS) is 26.6. The first-order chi connectivity index (χ1) is 8.58. The first kappa shape index (κ1) is 12.1. The molecular weight excluding hydrogens is 270 g/mol. The molecule has 1 aromatic carbocycles. The maximum atomic E-state index is 10.3. The minimum atomic E-state index is -0.953. The van der Waals surface area contributed by atoms with Crippen LogP contribution >= 0.6 is 24.0 Å². The van der Waals surface area contributed by atoms with Crippen LogP contribution < -0.4 is 14.4 Å². The molecule has 1 saturated heterocycles. The number of fused-ring (bicyclic) bond motifs is 1. The van der Waals surface area contributed by atoms with Gasteiger partial charge in [0, 0.05) is 17.5 Å². The molecule has 1 atom stereocenters. The SMILES string of the molecule is CC1(O)CSC(=S)N1c1ccc2c(c1)OCCO2. The van der Waals surface area contributed by atoms with Gasteiger partial charge in [-0.2, -0.15) is 0 Å². The van der Waals surface area contributed by atoms with Crippen LogP contribution in [0.4, 0.5) is 5.69 Å². The van der Waals surface area contributed by atoms with Crippen LogP contribution in [0, 0.1) is 0 Å². The second-order valence-electron chi connectivity index (χ2n) is 4.43. The number of thioether (sulfide) groups is 1. The molecule has 0 amide bonds. The Morgan fingerprint density at radius 2 is 2.06 bits per heavy atom. The molecule has 0 spiro atoms. The third-order valence-electron chi connectivity index (χ3n) is 2.92. The van der Waals surface area contributed by atoms with Crippen molar-refractivity contribution in [2.45, 2.75) is 12.6 Å². The van der Waals surface area contributed by atoms with E-state index < -0.39 is 5.72 Å². The standard InChI is InChI=1S/C12H13NO3S2/c1-12(14)7-18-11(17)13(12)8-2-3-9-10(6-8)16-5-4-15-9/h2-3,6,14H,4-5,7H2,1H3. The summed E-state index contributed by atoms with van der Waals surface area (Å²) in [4.78, 5) is 1.76. The van der Waals surface area contributed by atoms with Crippen LogP contribution in [-0.4, -0.2) is 34.1 Å². The molecule has 2 aliphatic heterocycles. The summed E-state index contributed by atoms with van der Waals surface area (Å²) in [6.07, 6.45) is 0. The minimum absolute atomic E-state index is 0.548. The van der Waals surface area contributed by atoms with Gasteiger partial charge < -0.3 is 14.6 Å². The van der Waals surface area contributed by atoms with E-state index in [4.69, 9.17) is 21.7 Å². The second-order valence-corrected chi connectivity index (χ2v) is 6.04. The highest BCUT2D eigenvalue weighted by Gasteiger charge is 2.39. The van der Waals surface area contributed by atoms with Gasteiger partial charge in [-0.15, -0.1) is 0 Å². The highest BCUT2D eigenvalue weighted by atomic mass is 32.2. The highest BCUT2D eigenvalue weighted by molar-refractivity contribution is 8.23. The van der Waals surface area contributed by atoms with Crippen molar-refractivity contribution in [3.05, 3.63) is 18.2 Å². The van der Waals surface area contributed by atoms with Crippen LogP contribution in [0.3, 0.4) is 0 Å². The Balaban J connectivity index is 1.99. The first-order valence-electron chi connectivity index (χ1n) is 5.67. The third kappa shape index (κ3) is 1.94. The molecule has 6 heteroatoms. The molecule has 1 fully saturated rings. The summed E-state index contributed by atoms with van der Waals surface area (Å²) in [5.41, 5.74) is -0.120. The van der Waals surface area contributed by atoms with Gasteiger partial charge in [0.25, 0.3) is 0 Å². The molecule has 1 aromatic rings. The van der Waals surface area contributed by atoms with Gasteiger partial charge in [-0.05, 0) is 19.1 Å². The third-order valence-corrected chi connectivity index (χ3v) is 4.57. The van der Waals surface area contributed by atoms with Crippen LogP contribution in [0.1, 0.15) is 6.92 Å². The molecule has 1 unspecified atom stereocenters. The van der Waals surface area contributed by atoms with E-state index in [-0.39, 0.29) is 0 Å². The molecule has 0 aromatic heterocycles. The predicted octanol–water partition coefficient (Wildman–Crippen LogP) is 2.00. The molecular formula is C12H13NO3S2. The lowest BCUT2D eigenvalue weighted by Crippen LogP contribution is -2.44. The van der Waals surface area contributed by atoms with Crippen molar-refractivity contribution < 1.29 is 14.6 Å². The maximum Gasteiger partial charge on any atom is 0.163 e. The van der Waals surface area contributed by atoms with Gasteiger partial charge >= 0.3 is 0 Å². The molecule has 3 rings (SSSR count). The second kappa shape index (κ2) is 4.29. The Hall–Kier alpha value is -0.980. The van der Waals surface area contributed by atoms with Crippen molar-refractivity contribution in [3.8, 4) is 11.5 Å². The summed E-state index contributed by atoms with van der Waals surface area (Å²) in [5.74, 6) is 2.01. The van der Waals surface area contributed by atoms with Crippen LogP contribution in [-0.2, 0) is 0 Å². The van der Waals surface area contributed by atoms with E-state index in [1.165, 1.54) is 11.8 Å². The van der Waals surface area contributed by atoms with Crippen LogP contribution in [0.2, 0.25) is 0 Å². The summed E-state index contributed by atoms with van der Waals surface area (Å²) in [7, 11) is 0. The summed E-state index contributed by atoms with van der Waals surface area (Å²) in [6, 6.07) is 5.60. The number of ether oxygens (including phenoxy) is 2. The van der Waals surface area contributed by atoms with Crippen molar-refractivity contribution >= 4 is 34.0 Å². The van der Waals surface area contributed by atoms with Gasteiger partial charge in [0.05, 0.1) is 0 Å². The van der Waals surface area contributed by atoms with E-state index in [1.54, 1.807) is 11.8 Å². The van der Waals surface area contributed by atoms with Crippen molar-refractivity contribution in [3.63, 3.8) is 0 Å². The van der Waals surface area contributed by atoms with E-state index in [0.29, 0.717) is 29.0 Å². The van der Waals surface area contributed by atoms with E-state index >= 15 is 0 Å². The summed E-state index contributed by atoms with van der Waals surface area (Å²) in [6.45, 7) is 2.88. The van der Waals surface area contributed by atoms with Crippen molar-refractivity contribution in [1.29, 1.82) is 0 Å². The Morgan fingerprint density at radius 3 is 2.72 bits per heavy atom. The van der Waals surface area contributed by atoms with E-state index in [2.05, 4.69) is 0 Å². The molecule has 0 saturated carbocycles. The van der Waals surface area contributed by atoms with Gasteiger partial charge in [-0.25, -0.2) is 0 Å². The zero-order chi connectivity index (χ0) is 12.8. The average Bonchev–Trinajstić information content (AvgIpc) is 2.63. The zero-order valence-corrected chi connectivity index (χ0v) is 11.5. The quantitative estimate of drug-likeness (QED) is 0.795. The number of aliphatic hydroxyl groups is 1. The van der Waals surface area contributed by atoms with Crippen molar-refractivity contribution in [2.75, 3.05) is 23.9 Å². The fourth-order valence-electron chi connectivity index (χ4n) is 2.08. The van der Waals surface area contributed by atoms with Crippen LogP contribution in [0.5, 0.6) is 11.5 Å². The highest BCUT2D eigenvalue weighted by Crippen LogP contribution is 2.40. The molecule has 1 N–H and O–H groups in total. The maximum absolute atomic E-state index is 10.3. The lowest BCUT2D eigenvalue weighted by molar-refractivity contribution is 0.0998. The Morgan fingerprint density at radius 1 is 1.33 bits per heavy atom. The number of benzene rings is 1. The number of nitrogens with zero attached hydrogens (tertiary/aromatic N) is 1. The molecule has 2 aliphatic rings. The van der Waals surface area contributed by atoms with Gasteiger partial charge in [-0.3, -0.25) is 4.90 Å². The Labute approximate surface area is 115 Å². The smallest absolute Gasteiger partial charge is 0.163 e. The monoisotopic (exact) mass is 283 g/mol. The lowest BCUT2D eigenvalue weighted by Gasteiger charge is -2.31. The molecule has 96 valence electrons. The molecule has 0 aliphatic carbocycles. The molecule has 4 nitrogen and oxygen atoms in total. The average molecular weight is 283 g/mol. The summed E-state index contributed by atoms with van der Waals surface area (Å²) < 4.78 is 11.7. The van der Waals surface area contributed by atoms with Gasteiger partial charge in [-0.1, -0.05) is 24.0 Å². The van der Waals surface area contributed by atoms with Crippen LogP contribution in [0.25, 0.3) is 0 Å². The van der Waals surface area contributed by atoms with Crippen molar-refractivity contribution in [2.24, 2.45) is 0 Å². The fourth-order valence-corrected chi connectivity index (χ4v) is 3.51. The minimum Gasteiger partial charge on any atom is -0.486 e. The van der Waals surface area contributed by atoms with Gasteiger partial charge in [0.15, 0.2) is 11.5 Å². The van der Waals surface area contributed by atoms with Gasteiger partial charge in [0.2, 0.25) is 0 Å². The molecule has 2 heterocycles.